The highest BCUT2D eigenvalue weighted by molar-refractivity contribution is 5.74. The van der Waals surface area contributed by atoms with Crippen molar-refractivity contribution in [2.75, 3.05) is 6.54 Å². The minimum absolute atomic E-state index is 0.0389. The van der Waals surface area contributed by atoms with Gasteiger partial charge < -0.3 is 10.8 Å². The molecule has 16 heavy (non-hydrogen) atoms. The molecule has 0 aliphatic carbocycles. The highest BCUT2D eigenvalue weighted by Crippen LogP contribution is 2.19. The molecule has 0 amide bonds. The van der Waals surface area contributed by atoms with Crippen LogP contribution in [-0.2, 0) is 11.3 Å². The van der Waals surface area contributed by atoms with Crippen molar-refractivity contribution < 1.29 is 9.90 Å². The van der Waals surface area contributed by atoms with Crippen molar-refractivity contribution >= 4 is 5.97 Å². The number of aliphatic carboxylic acids is 1. The number of hydrogen-bond donors (Lipinski definition) is 2. The summed E-state index contributed by atoms with van der Waals surface area (Å²) in [6.07, 6.45) is 3.95. The zero-order valence-corrected chi connectivity index (χ0v) is 8.91. The maximum atomic E-state index is 11.0. The smallest absolute Gasteiger partial charge is 0.320 e. The van der Waals surface area contributed by atoms with Crippen molar-refractivity contribution in [3.8, 4) is 0 Å². The Morgan fingerprint density at radius 3 is 2.88 bits per heavy atom. The molecule has 1 fully saturated rings. The van der Waals surface area contributed by atoms with Crippen molar-refractivity contribution in [1.29, 1.82) is 0 Å². The highest BCUT2D eigenvalue weighted by Gasteiger charge is 2.34. The molecule has 3 N–H and O–H groups in total. The average Bonchev–Trinajstić information content (AvgIpc) is 2.61. The summed E-state index contributed by atoms with van der Waals surface area (Å²) in [7, 11) is 0. The van der Waals surface area contributed by atoms with Crippen molar-refractivity contribution in [2.24, 2.45) is 5.73 Å². The molecule has 1 saturated heterocycles. The van der Waals surface area contributed by atoms with Crippen LogP contribution in [0.15, 0.2) is 24.5 Å². The molecule has 86 valence electrons. The van der Waals surface area contributed by atoms with E-state index in [0.29, 0.717) is 19.5 Å². The minimum Gasteiger partial charge on any atom is -0.480 e. The van der Waals surface area contributed by atoms with Gasteiger partial charge in [0.2, 0.25) is 0 Å². The van der Waals surface area contributed by atoms with Crippen LogP contribution < -0.4 is 5.73 Å². The van der Waals surface area contributed by atoms with Gasteiger partial charge in [0.25, 0.3) is 0 Å². The first-order valence-corrected chi connectivity index (χ1v) is 5.28. The molecule has 2 atom stereocenters. The van der Waals surface area contributed by atoms with Crippen molar-refractivity contribution in [1.82, 2.24) is 9.88 Å². The van der Waals surface area contributed by atoms with Gasteiger partial charge in [0.1, 0.15) is 6.04 Å². The van der Waals surface area contributed by atoms with E-state index >= 15 is 0 Å². The zero-order valence-electron chi connectivity index (χ0n) is 8.91. The quantitative estimate of drug-likeness (QED) is 0.755. The number of nitrogens with two attached hydrogens (primary N) is 1. The van der Waals surface area contributed by atoms with E-state index in [9.17, 15) is 4.79 Å². The Morgan fingerprint density at radius 2 is 2.25 bits per heavy atom. The Kier molecular flexibility index (Phi) is 3.17. The normalized spacial score (nSPS) is 25.8. The van der Waals surface area contributed by atoms with Crippen LogP contribution in [0.25, 0.3) is 0 Å². The molecule has 1 aliphatic rings. The maximum Gasteiger partial charge on any atom is 0.320 e. The SMILES string of the molecule is NC1CC(C(=O)O)N(Cc2ccncc2)C1. The fraction of sp³-hybridized carbons (Fsp3) is 0.455. The van der Waals surface area contributed by atoms with Crippen molar-refractivity contribution in [3.63, 3.8) is 0 Å². The first-order chi connectivity index (χ1) is 7.66. The Labute approximate surface area is 93.9 Å². The second kappa shape index (κ2) is 4.59. The number of aromatic nitrogens is 1. The van der Waals surface area contributed by atoms with Crippen LogP contribution in [0.5, 0.6) is 0 Å². The van der Waals surface area contributed by atoms with Gasteiger partial charge >= 0.3 is 5.97 Å². The molecular formula is C11H15N3O2. The summed E-state index contributed by atoms with van der Waals surface area (Å²) in [4.78, 5) is 16.9. The highest BCUT2D eigenvalue weighted by atomic mass is 16.4. The molecule has 2 unspecified atom stereocenters. The third-order valence-corrected chi connectivity index (χ3v) is 2.86. The summed E-state index contributed by atoms with van der Waals surface area (Å²) in [5, 5.41) is 9.07. The lowest BCUT2D eigenvalue weighted by atomic mass is 10.2. The van der Waals surface area contributed by atoms with E-state index in [1.807, 2.05) is 17.0 Å². The number of carbonyl (C=O) groups is 1. The van der Waals surface area contributed by atoms with Gasteiger partial charge in [-0.1, -0.05) is 0 Å². The monoisotopic (exact) mass is 221 g/mol. The molecule has 0 spiro atoms. The first kappa shape index (κ1) is 11.0. The van der Waals surface area contributed by atoms with E-state index in [-0.39, 0.29) is 6.04 Å². The van der Waals surface area contributed by atoms with E-state index in [1.54, 1.807) is 12.4 Å². The number of likely N-dealkylation sites (tertiary alicyclic amines) is 1. The van der Waals surface area contributed by atoms with Gasteiger partial charge in [0.15, 0.2) is 0 Å². The summed E-state index contributed by atoms with van der Waals surface area (Å²) in [5.74, 6) is -0.790. The van der Waals surface area contributed by atoms with Crippen molar-refractivity contribution in [3.05, 3.63) is 30.1 Å². The summed E-state index contributed by atoms with van der Waals surface area (Å²) < 4.78 is 0. The van der Waals surface area contributed by atoms with E-state index < -0.39 is 12.0 Å². The Morgan fingerprint density at radius 1 is 1.56 bits per heavy atom. The van der Waals surface area contributed by atoms with E-state index in [1.165, 1.54) is 0 Å². The molecule has 2 rings (SSSR count). The summed E-state index contributed by atoms with van der Waals surface area (Å²) >= 11 is 0. The number of rotatable bonds is 3. The molecular weight excluding hydrogens is 206 g/mol. The Bertz CT molecular complexity index is 369. The Hall–Kier alpha value is -1.46. The van der Waals surface area contributed by atoms with Gasteiger partial charge in [0, 0.05) is 31.5 Å². The van der Waals surface area contributed by atoms with Crippen LogP contribution in [-0.4, -0.2) is 39.6 Å². The van der Waals surface area contributed by atoms with Crippen LogP contribution in [0.2, 0.25) is 0 Å². The Balaban J connectivity index is 2.06. The lowest BCUT2D eigenvalue weighted by Crippen LogP contribution is -2.35. The average molecular weight is 221 g/mol. The number of pyridine rings is 1. The lowest BCUT2D eigenvalue weighted by molar-refractivity contribution is -0.142. The maximum absolute atomic E-state index is 11.0. The standard InChI is InChI=1S/C11H15N3O2/c12-9-5-10(11(15)16)14(7-9)6-8-1-3-13-4-2-8/h1-4,9-10H,5-7,12H2,(H,15,16). The topological polar surface area (TPSA) is 79.5 Å². The predicted octanol–water partition coefficient (Wildman–Crippen LogP) is 0.0678. The summed E-state index contributed by atoms with van der Waals surface area (Å²) in [5.41, 5.74) is 6.85. The van der Waals surface area contributed by atoms with Crippen LogP contribution in [0.4, 0.5) is 0 Å². The molecule has 1 aromatic heterocycles. The lowest BCUT2D eigenvalue weighted by Gasteiger charge is -2.20. The van der Waals surface area contributed by atoms with Crippen LogP contribution in [0.3, 0.4) is 0 Å². The van der Waals surface area contributed by atoms with Gasteiger partial charge in [-0.3, -0.25) is 14.7 Å². The van der Waals surface area contributed by atoms with Gasteiger partial charge in [-0.25, -0.2) is 0 Å². The van der Waals surface area contributed by atoms with Crippen molar-refractivity contribution in [2.45, 2.75) is 25.0 Å². The van der Waals surface area contributed by atoms with E-state index in [2.05, 4.69) is 4.98 Å². The van der Waals surface area contributed by atoms with Gasteiger partial charge in [-0.2, -0.15) is 0 Å². The van der Waals surface area contributed by atoms with Crippen LogP contribution in [0.1, 0.15) is 12.0 Å². The number of nitrogens with zero attached hydrogens (tertiary/aromatic N) is 2. The molecule has 0 radical (unpaired) electrons. The van der Waals surface area contributed by atoms with Gasteiger partial charge in [0.05, 0.1) is 0 Å². The second-order valence-corrected chi connectivity index (χ2v) is 4.13. The number of carboxylic acids is 1. The third-order valence-electron chi connectivity index (χ3n) is 2.86. The fourth-order valence-electron chi connectivity index (χ4n) is 2.09. The van der Waals surface area contributed by atoms with Crippen LogP contribution >= 0.6 is 0 Å². The second-order valence-electron chi connectivity index (χ2n) is 4.13. The number of hydrogen-bond acceptors (Lipinski definition) is 4. The molecule has 2 heterocycles. The summed E-state index contributed by atoms with van der Waals surface area (Å²) in [6, 6.07) is 3.29. The number of carboxylic acid groups (broad SMARTS) is 1. The molecule has 0 bridgehead atoms. The van der Waals surface area contributed by atoms with E-state index in [0.717, 1.165) is 5.56 Å². The largest absolute Gasteiger partial charge is 0.480 e. The molecule has 1 aliphatic heterocycles. The molecule has 0 saturated carbocycles. The zero-order chi connectivity index (χ0) is 11.5. The molecule has 5 heteroatoms. The third kappa shape index (κ3) is 2.37. The molecule has 5 nitrogen and oxygen atoms in total. The predicted molar refractivity (Wildman–Crippen MR) is 58.7 cm³/mol. The first-order valence-electron chi connectivity index (χ1n) is 5.28. The minimum atomic E-state index is -0.790. The van der Waals surface area contributed by atoms with Crippen LogP contribution in [0, 0.1) is 0 Å². The molecule has 0 aromatic carbocycles. The van der Waals surface area contributed by atoms with Gasteiger partial charge in [-0.15, -0.1) is 0 Å². The van der Waals surface area contributed by atoms with E-state index in [4.69, 9.17) is 10.8 Å². The molecule has 1 aromatic rings. The van der Waals surface area contributed by atoms with Gasteiger partial charge in [-0.05, 0) is 24.1 Å². The summed E-state index contributed by atoms with van der Waals surface area (Å²) in [6.45, 7) is 1.26. The fourth-order valence-corrected chi connectivity index (χ4v) is 2.09.